The van der Waals surface area contributed by atoms with Crippen LogP contribution in [0.15, 0.2) is 42.5 Å². The minimum absolute atomic E-state index is 0.132. The number of ether oxygens (including phenoxy) is 1. The van der Waals surface area contributed by atoms with Crippen LogP contribution in [-0.4, -0.2) is 53.9 Å². The van der Waals surface area contributed by atoms with Crippen LogP contribution in [0.1, 0.15) is 15.9 Å². The quantitative estimate of drug-likeness (QED) is 0.579. The third kappa shape index (κ3) is 4.37. The molecule has 0 saturated carbocycles. The molecule has 2 aromatic rings. The molecule has 3 rings (SSSR count). The lowest BCUT2D eigenvalue weighted by molar-refractivity contribution is -0.385. The number of nitrogens with zero attached hydrogens (tertiary/aromatic N) is 3. The number of rotatable bonds is 5. The van der Waals surface area contributed by atoms with Gasteiger partial charge in [-0.1, -0.05) is 23.7 Å². The van der Waals surface area contributed by atoms with Gasteiger partial charge in [0, 0.05) is 49.4 Å². The lowest BCUT2D eigenvalue weighted by Gasteiger charge is -2.35. The number of carbonyl (C=O) groups is 1. The largest absolute Gasteiger partial charge is 0.496 e. The van der Waals surface area contributed by atoms with Crippen LogP contribution < -0.4 is 4.74 Å². The maximum atomic E-state index is 12.7. The second-order valence-electron chi connectivity index (χ2n) is 6.30. The molecule has 0 bridgehead atoms. The Bertz CT molecular complexity index is 851. The third-order valence-corrected chi connectivity index (χ3v) is 4.86. The highest BCUT2D eigenvalue weighted by molar-refractivity contribution is 6.30. The molecule has 7 nitrogen and oxygen atoms in total. The van der Waals surface area contributed by atoms with Crippen molar-refractivity contribution >= 4 is 23.2 Å². The summed E-state index contributed by atoms with van der Waals surface area (Å²) in [6, 6.07) is 11.6. The van der Waals surface area contributed by atoms with Crippen molar-refractivity contribution in [3.8, 4) is 5.75 Å². The maximum Gasteiger partial charge on any atom is 0.282 e. The molecule has 1 amide bonds. The van der Waals surface area contributed by atoms with Crippen LogP contribution in [0.4, 0.5) is 5.69 Å². The van der Waals surface area contributed by atoms with E-state index in [1.54, 1.807) is 30.2 Å². The van der Waals surface area contributed by atoms with E-state index in [4.69, 9.17) is 16.3 Å². The first-order chi connectivity index (χ1) is 13.0. The van der Waals surface area contributed by atoms with Crippen LogP contribution in [-0.2, 0) is 6.54 Å². The van der Waals surface area contributed by atoms with Gasteiger partial charge in [-0.05, 0) is 24.3 Å². The SMILES string of the molecule is COc1ccc(Cl)cc1CN1CCN(C(=O)c2ccccc2[N+](=O)[O-])CC1. The molecule has 0 aliphatic carbocycles. The zero-order valence-corrected chi connectivity index (χ0v) is 15.7. The Morgan fingerprint density at radius 2 is 1.89 bits per heavy atom. The van der Waals surface area contributed by atoms with E-state index in [0.717, 1.165) is 11.3 Å². The van der Waals surface area contributed by atoms with Gasteiger partial charge >= 0.3 is 0 Å². The molecular formula is C19H20ClN3O4. The van der Waals surface area contributed by atoms with Crippen molar-refractivity contribution in [3.05, 3.63) is 68.7 Å². The molecule has 1 aliphatic heterocycles. The first-order valence-electron chi connectivity index (χ1n) is 8.57. The van der Waals surface area contributed by atoms with Crippen molar-refractivity contribution < 1.29 is 14.5 Å². The summed E-state index contributed by atoms with van der Waals surface area (Å²) in [7, 11) is 1.62. The number of para-hydroxylation sites is 1. The summed E-state index contributed by atoms with van der Waals surface area (Å²) in [5.74, 6) is 0.472. The van der Waals surface area contributed by atoms with Gasteiger partial charge in [0.1, 0.15) is 11.3 Å². The average molecular weight is 390 g/mol. The number of methoxy groups -OCH3 is 1. The fourth-order valence-corrected chi connectivity index (χ4v) is 3.40. The van der Waals surface area contributed by atoms with Gasteiger partial charge in [0.2, 0.25) is 0 Å². The summed E-state index contributed by atoms with van der Waals surface area (Å²) in [6.07, 6.45) is 0. The molecule has 0 N–H and O–H groups in total. The highest BCUT2D eigenvalue weighted by Gasteiger charge is 2.27. The van der Waals surface area contributed by atoms with Crippen molar-refractivity contribution in [2.24, 2.45) is 0 Å². The van der Waals surface area contributed by atoms with Gasteiger partial charge in [0.15, 0.2) is 0 Å². The Morgan fingerprint density at radius 3 is 2.56 bits per heavy atom. The molecule has 1 heterocycles. The normalized spacial score (nSPS) is 14.8. The van der Waals surface area contributed by atoms with Crippen molar-refractivity contribution in [2.75, 3.05) is 33.3 Å². The Balaban J connectivity index is 1.65. The molecule has 142 valence electrons. The monoisotopic (exact) mass is 389 g/mol. The predicted molar refractivity (Wildman–Crippen MR) is 102 cm³/mol. The smallest absolute Gasteiger partial charge is 0.282 e. The molecule has 8 heteroatoms. The molecule has 0 unspecified atom stereocenters. The number of nitro groups is 1. The second-order valence-corrected chi connectivity index (χ2v) is 6.74. The average Bonchev–Trinajstić information content (AvgIpc) is 2.68. The Kier molecular flexibility index (Phi) is 5.93. The summed E-state index contributed by atoms with van der Waals surface area (Å²) < 4.78 is 5.38. The molecule has 0 radical (unpaired) electrons. The molecule has 0 aromatic heterocycles. The standard InChI is InChI=1S/C19H20ClN3O4/c1-27-18-7-6-15(20)12-14(18)13-21-8-10-22(11-9-21)19(24)16-4-2-3-5-17(16)23(25)26/h2-7,12H,8-11,13H2,1H3. The fraction of sp³-hybridized carbons (Fsp3) is 0.316. The third-order valence-electron chi connectivity index (χ3n) is 4.63. The van der Waals surface area contributed by atoms with Crippen molar-refractivity contribution in [1.29, 1.82) is 0 Å². The zero-order valence-electron chi connectivity index (χ0n) is 14.9. The first-order valence-corrected chi connectivity index (χ1v) is 8.95. The van der Waals surface area contributed by atoms with Crippen LogP contribution in [0.25, 0.3) is 0 Å². The number of amides is 1. The molecule has 0 atom stereocenters. The Morgan fingerprint density at radius 1 is 1.19 bits per heavy atom. The number of halogens is 1. The van der Waals surface area contributed by atoms with Gasteiger partial charge in [-0.25, -0.2) is 0 Å². The molecule has 0 spiro atoms. The van der Waals surface area contributed by atoms with Crippen LogP contribution >= 0.6 is 11.6 Å². The van der Waals surface area contributed by atoms with E-state index in [1.807, 2.05) is 12.1 Å². The van der Waals surface area contributed by atoms with Crippen LogP contribution in [0, 0.1) is 10.1 Å². The minimum Gasteiger partial charge on any atom is -0.496 e. The predicted octanol–water partition coefficient (Wildman–Crippen LogP) is 3.21. The minimum atomic E-state index is -0.519. The van der Waals surface area contributed by atoms with Gasteiger partial charge in [-0.3, -0.25) is 19.8 Å². The summed E-state index contributed by atoms with van der Waals surface area (Å²) in [4.78, 5) is 27.2. The number of benzene rings is 2. The van der Waals surface area contributed by atoms with Crippen LogP contribution in [0.3, 0.4) is 0 Å². The second kappa shape index (κ2) is 8.37. The zero-order chi connectivity index (χ0) is 19.4. The number of hydrogen-bond donors (Lipinski definition) is 0. The lowest BCUT2D eigenvalue weighted by atomic mass is 10.1. The maximum absolute atomic E-state index is 12.7. The molecule has 27 heavy (non-hydrogen) atoms. The summed E-state index contributed by atoms with van der Waals surface area (Å²) in [5.41, 5.74) is 0.963. The van der Waals surface area contributed by atoms with Crippen molar-refractivity contribution in [2.45, 2.75) is 6.54 Å². The van der Waals surface area contributed by atoms with Gasteiger partial charge < -0.3 is 9.64 Å². The molecule has 1 aliphatic rings. The van der Waals surface area contributed by atoms with E-state index in [9.17, 15) is 14.9 Å². The molecule has 1 fully saturated rings. The van der Waals surface area contributed by atoms with Gasteiger partial charge in [-0.15, -0.1) is 0 Å². The Labute approximate surface area is 162 Å². The van der Waals surface area contributed by atoms with Crippen molar-refractivity contribution in [3.63, 3.8) is 0 Å². The fourth-order valence-electron chi connectivity index (χ4n) is 3.20. The number of carbonyl (C=O) groups excluding carboxylic acids is 1. The van der Waals surface area contributed by atoms with Gasteiger partial charge in [0.05, 0.1) is 12.0 Å². The van der Waals surface area contributed by atoms with E-state index < -0.39 is 4.92 Å². The van der Waals surface area contributed by atoms with E-state index >= 15 is 0 Å². The van der Waals surface area contributed by atoms with Crippen LogP contribution in [0.5, 0.6) is 5.75 Å². The van der Waals surface area contributed by atoms with Crippen LogP contribution in [0.2, 0.25) is 5.02 Å². The highest BCUT2D eigenvalue weighted by Crippen LogP contribution is 2.25. The number of piperazine rings is 1. The van der Waals surface area contributed by atoms with E-state index in [0.29, 0.717) is 37.7 Å². The molecule has 1 saturated heterocycles. The van der Waals surface area contributed by atoms with E-state index in [-0.39, 0.29) is 17.2 Å². The molecule has 2 aromatic carbocycles. The van der Waals surface area contributed by atoms with E-state index in [2.05, 4.69) is 4.90 Å². The van der Waals surface area contributed by atoms with E-state index in [1.165, 1.54) is 12.1 Å². The highest BCUT2D eigenvalue weighted by atomic mass is 35.5. The lowest BCUT2D eigenvalue weighted by Crippen LogP contribution is -2.48. The molecular weight excluding hydrogens is 370 g/mol. The summed E-state index contributed by atoms with van der Waals surface area (Å²) >= 11 is 6.08. The van der Waals surface area contributed by atoms with Gasteiger partial charge in [0.25, 0.3) is 11.6 Å². The summed E-state index contributed by atoms with van der Waals surface area (Å²) in [6.45, 7) is 3.02. The van der Waals surface area contributed by atoms with Gasteiger partial charge in [-0.2, -0.15) is 0 Å². The van der Waals surface area contributed by atoms with Crippen molar-refractivity contribution in [1.82, 2.24) is 9.80 Å². The number of hydrogen-bond acceptors (Lipinski definition) is 5. The summed E-state index contributed by atoms with van der Waals surface area (Å²) in [5, 5.41) is 11.8. The topological polar surface area (TPSA) is 75.9 Å². The first kappa shape index (κ1) is 19.1. The Hall–Kier alpha value is -2.64. The number of nitro benzene ring substituents is 1.